The fourth-order valence-corrected chi connectivity index (χ4v) is 8.45. The first-order valence-electron chi connectivity index (χ1n) is 17.6. The summed E-state index contributed by atoms with van der Waals surface area (Å²) in [6, 6.07) is 66.4. The molecular formula is C50H30O. The maximum atomic E-state index is 6.39. The van der Waals surface area contributed by atoms with Crippen molar-refractivity contribution in [1.82, 2.24) is 0 Å². The lowest BCUT2D eigenvalue weighted by Gasteiger charge is -2.18. The molecule has 236 valence electrons. The molecule has 0 N–H and O–H groups in total. The number of benzene rings is 10. The van der Waals surface area contributed by atoms with Crippen LogP contribution in [0.5, 0.6) is 0 Å². The molecule has 0 radical (unpaired) electrons. The van der Waals surface area contributed by atoms with Gasteiger partial charge in [-0.3, -0.25) is 0 Å². The van der Waals surface area contributed by atoms with E-state index in [2.05, 4.69) is 176 Å². The molecular weight excluding hydrogens is 617 g/mol. The minimum Gasteiger partial charge on any atom is -0.455 e. The van der Waals surface area contributed by atoms with Gasteiger partial charge in [0.25, 0.3) is 0 Å². The summed E-state index contributed by atoms with van der Waals surface area (Å²) < 4.78 is 6.39. The molecule has 1 aromatic heterocycles. The highest BCUT2D eigenvalue weighted by atomic mass is 16.3. The summed E-state index contributed by atoms with van der Waals surface area (Å²) in [5.74, 6) is 0. The Labute approximate surface area is 294 Å². The van der Waals surface area contributed by atoms with E-state index in [1.54, 1.807) is 0 Å². The van der Waals surface area contributed by atoms with Crippen molar-refractivity contribution < 1.29 is 4.42 Å². The largest absolute Gasteiger partial charge is 0.455 e. The van der Waals surface area contributed by atoms with Crippen LogP contribution in [0.15, 0.2) is 186 Å². The van der Waals surface area contributed by atoms with Crippen LogP contribution in [-0.2, 0) is 0 Å². The Balaban J connectivity index is 1.10. The minimum absolute atomic E-state index is 0.922. The molecule has 0 aliphatic rings. The van der Waals surface area contributed by atoms with Crippen LogP contribution in [0.1, 0.15) is 0 Å². The molecule has 0 atom stereocenters. The van der Waals surface area contributed by atoms with E-state index in [1.165, 1.54) is 81.9 Å². The third kappa shape index (κ3) is 4.28. The van der Waals surface area contributed by atoms with Crippen LogP contribution in [0.4, 0.5) is 0 Å². The quantitative estimate of drug-likeness (QED) is 0.174. The Morgan fingerprint density at radius 1 is 0.275 bits per heavy atom. The smallest absolute Gasteiger partial charge is 0.143 e. The van der Waals surface area contributed by atoms with E-state index < -0.39 is 0 Å². The van der Waals surface area contributed by atoms with Crippen LogP contribution < -0.4 is 0 Å². The molecule has 0 amide bonds. The summed E-state index contributed by atoms with van der Waals surface area (Å²) in [7, 11) is 0. The van der Waals surface area contributed by atoms with Crippen LogP contribution in [0.2, 0.25) is 0 Å². The lowest BCUT2D eigenvalue weighted by atomic mass is 9.85. The minimum atomic E-state index is 0.922. The molecule has 0 aliphatic carbocycles. The van der Waals surface area contributed by atoms with Gasteiger partial charge in [-0.15, -0.1) is 0 Å². The Morgan fingerprint density at radius 3 is 1.33 bits per heavy atom. The lowest BCUT2D eigenvalue weighted by molar-refractivity contribution is 0.672. The Kier molecular flexibility index (Phi) is 6.02. The van der Waals surface area contributed by atoms with Crippen molar-refractivity contribution in [2.75, 3.05) is 0 Å². The standard InChI is InChI=1S/C50H30O/c1-2-12-32-28-36(25-21-31(32)11-1)48-40-15-4-6-17-42(40)49(43-18-7-5-16-41(43)48)37-26-23-33-27-35(24-22-34(33)29-37)45-30-46-39-14-9-10-20-47(39)51-50(46)44-19-8-3-13-38(44)45/h1-30H. The van der Waals surface area contributed by atoms with E-state index in [0.717, 1.165) is 27.3 Å². The van der Waals surface area contributed by atoms with Crippen molar-refractivity contribution in [1.29, 1.82) is 0 Å². The van der Waals surface area contributed by atoms with Gasteiger partial charge in [0.15, 0.2) is 0 Å². The van der Waals surface area contributed by atoms with Gasteiger partial charge in [-0.25, -0.2) is 0 Å². The molecule has 0 spiro atoms. The van der Waals surface area contributed by atoms with Gasteiger partial charge >= 0.3 is 0 Å². The zero-order valence-corrected chi connectivity index (χ0v) is 27.7. The van der Waals surface area contributed by atoms with Gasteiger partial charge in [-0.1, -0.05) is 152 Å². The summed E-state index contributed by atoms with van der Waals surface area (Å²) in [5, 5.41) is 14.7. The first kappa shape index (κ1) is 28.2. The number of rotatable bonds is 3. The predicted octanol–water partition coefficient (Wildman–Crippen LogP) is 14.4. The van der Waals surface area contributed by atoms with Gasteiger partial charge in [-0.2, -0.15) is 0 Å². The SMILES string of the molecule is c1ccc2cc(-c3c4ccccc4c(-c4ccc5cc(-c6cc7c8ccccc8oc7c7ccccc67)ccc5c4)c4ccccc34)ccc2c1. The fraction of sp³-hybridized carbons (Fsp3) is 0. The molecule has 1 heteroatoms. The molecule has 1 nitrogen and oxygen atoms in total. The Morgan fingerprint density at radius 2 is 0.706 bits per heavy atom. The second-order valence-electron chi connectivity index (χ2n) is 13.6. The summed E-state index contributed by atoms with van der Waals surface area (Å²) >= 11 is 0. The van der Waals surface area contributed by atoms with E-state index in [1.807, 2.05) is 6.07 Å². The van der Waals surface area contributed by atoms with Crippen molar-refractivity contribution >= 4 is 75.8 Å². The van der Waals surface area contributed by atoms with Crippen LogP contribution in [0.3, 0.4) is 0 Å². The number of para-hydroxylation sites is 1. The van der Waals surface area contributed by atoms with Gasteiger partial charge in [0.2, 0.25) is 0 Å². The van der Waals surface area contributed by atoms with E-state index >= 15 is 0 Å². The zero-order valence-electron chi connectivity index (χ0n) is 27.7. The highest BCUT2D eigenvalue weighted by molar-refractivity contribution is 6.22. The maximum absolute atomic E-state index is 6.39. The van der Waals surface area contributed by atoms with Gasteiger partial charge in [0.05, 0.1) is 0 Å². The summed E-state index contributed by atoms with van der Waals surface area (Å²) in [5.41, 5.74) is 9.33. The van der Waals surface area contributed by atoms with Crippen molar-refractivity contribution in [2.24, 2.45) is 0 Å². The maximum Gasteiger partial charge on any atom is 0.143 e. The number of hydrogen-bond donors (Lipinski definition) is 0. The van der Waals surface area contributed by atoms with Gasteiger partial charge in [0.1, 0.15) is 11.2 Å². The van der Waals surface area contributed by atoms with Gasteiger partial charge in [-0.05, 0) is 112 Å². The van der Waals surface area contributed by atoms with Crippen LogP contribution in [-0.4, -0.2) is 0 Å². The van der Waals surface area contributed by atoms with E-state index in [9.17, 15) is 0 Å². The highest BCUT2D eigenvalue weighted by Gasteiger charge is 2.18. The molecule has 1 heterocycles. The Bertz CT molecular complexity index is 3140. The third-order valence-corrected chi connectivity index (χ3v) is 10.8. The molecule has 0 unspecified atom stereocenters. The first-order valence-corrected chi connectivity index (χ1v) is 17.6. The average Bonchev–Trinajstić information content (AvgIpc) is 3.58. The molecule has 0 aliphatic heterocycles. The van der Waals surface area contributed by atoms with Gasteiger partial charge in [0, 0.05) is 16.2 Å². The first-order chi connectivity index (χ1) is 25.3. The second kappa shape index (κ2) is 10.9. The molecule has 0 fully saturated rings. The zero-order chi connectivity index (χ0) is 33.5. The second-order valence-corrected chi connectivity index (χ2v) is 13.6. The third-order valence-electron chi connectivity index (χ3n) is 10.8. The topological polar surface area (TPSA) is 13.1 Å². The molecule has 0 bridgehead atoms. The van der Waals surface area contributed by atoms with Gasteiger partial charge < -0.3 is 4.42 Å². The van der Waals surface area contributed by atoms with E-state index in [0.29, 0.717) is 0 Å². The van der Waals surface area contributed by atoms with Crippen molar-refractivity contribution in [3.05, 3.63) is 182 Å². The van der Waals surface area contributed by atoms with Crippen molar-refractivity contribution in [3.8, 4) is 33.4 Å². The molecule has 51 heavy (non-hydrogen) atoms. The van der Waals surface area contributed by atoms with Crippen molar-refractivity contribution in [2.45, 2.75) is 0 Å². The summed E-state index contributed by atoms with van der Waals surface area (Å²) in [4.78, 5) is 0. The number of furan rings is 1. The normalized spacial score (nSPS) is 11.9. The Hall–Kier alpha value is -6.70. The van der Waals surface area contributed by atoms with Crippen LogP contribution >= 0.6 is 0 Å². The molecule has 10 aromatic carbocycles. The predicted molar refractivity (Wildman–Crippen MR) is 218 cm³/mol. The van der Waals surface area contributed by atoms with Crippen LogP contribution in [0.25, 0.3) is 109 Å². The number of fused-ring (bicyclic) bond motifs is 9. The molecule has 11 aromatic rings. The monoisotopic (exact) mass is 646 g/mol. The summed E-state index contributed by atoms with van der Waals surface area (Å²) in [6.45, 7) is 0. The van der Waals surface area contributed by atoms with Crippen LogP contribution in [0, 0.1) is 0 Å². The average molecular weight is 647 g/mol. The molecule has 11 rings (SSSR count). The fourth-order valence-electron chi connectivity index (χ4n) is 8.45. The van der Waals surface area contributed by atoms with Crippen molar-refractivity contribution in [3.63, 3.8) is 0 Å². The highest BCUT2D eigenvalue weighted by Crippen LogP contribution is 2.45. The molecule has 0 saturated heterocycles. The van der Waals surface area contributed by atoms with E-state index in [-0.39, 0.29) is 0 Å². The molecule has 0 saturated carbocycles. The number of hydrogen-bond acceptors (Lipinski definition) is 1. The lowest BCUT2D eigenvalue weighted by Crippen LogP contribution is -1.91. The van der Waals surface area contributed by atoms with E-state index in [4.69, 9.17) is 4.42 Å². The summed E-state index contributed by atoms with van der Waals surface area (Å²) in [6.07, 6.45) is 0.